The zero-order valence-corrected chi connectivity index (χ0v) is 19.7. The zero-order chi connectivity index (χ0) is 23.0. The number of alkyl halides is 2. The Bertz CT molecular complexity index is 1010. The Morgan fingerprint density at radius 3 is 2.48 bits per heavy atom. The van der Waals surface area contributed by atoms with E-state index in [1.165, 1.54) is 4.88 Å². The van der Waals surface area contributed by atoms with Crippen LogP contribution >= 0.6 is 11.3 Å². The van der Waals surface area contributed by atoms with Crippen molar-refractivity contribution in [3.8, 4) is 11.1 Å². The Morgan fingerprint density at radius 2 is 1.87 bits per heavy atom. The van der Waals surface area contributed by atoms with Crippen LogP contribution in [-0.4, -0.2) is 38.3 Å². The maximum absolute atomic E-state index is 13.0. The topological polar surface area (TPSA) is 63.3 Å². The molecule has 4 nitrogen and oxygen atoms in total. The molecule has 1 fully saturated rings. The van der Waals surface area contributed by atoms with Crippen LogP contribution in [0.1, 0.15) is 37.1 Å². The summed E-state index contributed by atoms with van der Waals surface area (Å²) in [5.41, 5.74) is 8.70. The number of nitrogens with two attached hydrogens (primary N) is 1. The number of pyridine rings is 1. The van der Waals surface area contributed by atoms with Crippen molar-refractivity contribution in [2.75, 3.05) is 26.9 Å². The lowest BCUT2D eigenvalue weighted by Crippen LogP contribution is -2.36. The molecule has 7 heteroatoms. The molecule has 1 aromatic carbocycles. The van der Waals surface area contributed by atoms with Gasteiger partial charge in [-0.15, -0.1) is 11.3 Å². The molecule has 0 saturated heterocycles. The van der Waals surface area contributed by atoms with E-state index in [1.807, 2.05) is 34.0 Å². The number of thiophene rings is 1. The van der Waals surface area contributed by atoms with Gasteiger partial charge in [0.1, 0.15) is 5.82 Å². The van der Waals surface area contributed by atoms with Crippen molar-refractivity contribution in [3.05, 3.63) is 47.0 Å². The Kier molecular flexibility index (Phi) is 9.07. The summed E-state index contributed by atoms with van der Waals surface area (Å²) >= 11 is 1.69. The average Bonchev–Trinajstić information content (AvgIpc) is 3.12. The maximum atomic E-state index is 13.0. The van der Waals surface area contributed by atoms with Gasteiger partial charge in [0.05, 0.1) is 0 Å². The molecule has 2 heterocycles. The molecule has 3 aromatic rings. The molecule has 1 saturated carbocycles. The number of rotatable bonds is 4. The zero-order valence-electron chi connectivity index (χ0n) is 18.9. The van der Waals surface area contributed by atoms with E-state index in [1.54, 1.807) is 30.8 Å². The van der Waals surface area contributed by atoms with Crippen molar-refractivity contribution in [1.82, 2.24) is 10.3 Å². The normalized spacial score (nSPS) is 15.1. The Morgan fingerprint density at radius 1 is 1.19 bits per heavy atom. The largest absolute Gasteiger partial charge is 0.383 e. The molecule has 1 aliphatic carbocycles. The number of anilines is 1. The van der Waals surface area contributed by atoms with E-state index in [9.17, 15) is 8.78 Å². The van der Waals surface area contributed by atoms with Gasteiger partial charge in [0.2, 0.25) is 5.92 Å². The van der Waals surface area contributed by atoms with E-state index in [2.05, 4.69) is 39.6 Å². The van der Waals surface area contributed by atoms with Crippen LogP contribution in [0.15, 0.2) is 41.5 Å². The molecule has 0 unspecified atom stereocenters. The first-order valence-corrected chi connectivity index (χ1v) is 11.3. The second-order valence-electron chi connectivity index (χ2n) is 7.39. The van der Waals surface area contributed by atoms with Gasteiger partial charge in [0.25, 0.3) is 0 Å². The molecule has 2 aromatic heterocycles. The molecule has 0 bridgehead atoms. The lowest BCUT2D eigenvalue weighted by atomic mass is 9.79. The number of halogens is 2. The van der Waals surface area contributed by atoms with Crippen LogP contribution < -0.4 is 11.1 Å². The summed E-state index contributed by atoms with van der Waals surface area (Å²) < 4.78 is 27.2. The second-order valence-corrected chi connectivity index (χ2v) is 8.55. The minimum atomic E-state index is -2.45. The van der Waals surface area contributed by atoms with Gasteiger partial charge in [0.15, 0.2) is 0 Å². The van der Waals surface area contributed by atoms with Crippen molar-refractivity contribution >= 4 is 33.5 Å². The van der Waals surface area contributed by atoms with Crippen molar-refractivity contribution in [2.45, 2.75) is 39.0 Å². The standard InChI is InChI=1S/C20H19F2N3S.C2H7N.C2H6/c1-24-10-16-5-15(11-25-19(16)23)13-2-3-14-6-17(26-18(14)7-13)4-12-8-20(21,22)9-12;1-3-2;1-2/h2-3,5-7,10-12H,4,8-9H2,1H3,(H2,23,25);3H,1-2H3;1-2H3. The first kappa shape index (κ1) is 24.9. The van der Waals surface area contributed by atoms with Gasteiger partial charge in [-0.3, -0.25) is 4.99 Å². The Balaban J connectivity index is 0.000000630. The summed E-state index contributed by atoms with van der Waals surface area (Å²) in [5, 5.41) is 3.90. The molecular formula is C24H32F2N4S. The average molecular weight is 447 g/mol. The molecule has 0 atom stereocenters. The molecule has 1 aliphatic rings. The van der Waals surface area contributed by atoms with E-state index in [-0.39, 0.29) is 18.8 Å². The molecular weight excluding hydrogens is 414 g/mol. The maximum Gasteiger partial charge on any atom is 0.248 e. The highest BCUT2D eigenvalue weighted by Gasteiger charge is 2.44. The number of hydrogen-bond donors (Lipinski definition) is 2. The molecule has 4 rings (SSSR count). The van der Waals surface area contributed by atoms with Crippen LogP contribution in [-0.2, 0) is 6.42 Å². The van der Waals surface area contributed by atoms with Crippen LogP contribution in [0.2, 0.25) is 0 Å². The van der Waals surface area contributed by atoms with Gasteiger partial charge < -0.3 is 11.1 Å². The van der Waals surface area contributed by atoms with Gasteiger partial charge in [-0.25, -0.2) is 13.8 Å². The van der Waals surface area contributed by atoms with E-state index >= 15 is 0 Å². The number of aromatic nitrogens is 1. The smallest absolute Gasteiger partial charge is 0.248 e. The summed E-state index contributed by atoms with van der Waals surface area (Å²) in [6, 6.07) is 10.3. The summed E-state index contributed by atoms with van der Waals surface area (Å²) in [6.07, 6.45) is 4.23. The number of hydrogen-bond acceptors (Lipinski definition) is 5. The molecule has 0 spiro atoms. The predicted molar refractivity (Wildman–Crippen MR) is 131 cm³/mol. The summed E-state index contributed by atoms with van der Waals surface area (Å²) in [4.78, 5) is 9.43. The molecule has 0 amide bonds. The van der Waals surface area contributed by atoms with E-state index < -0.39 is 5.92 Å². The van der Waals surface area contributed by atoms with E-state index in [0.717, 1.165) is 33.2 Å². The highest BCUT2D eigenvalue weighted by Crippen LogP contribution is 2.45. The van der Waals surface area contributed by atoms with E-state index in [4.69, 9.17) is 5.73 Å². The fraction of sp³-hybridized carbons (Fsp3) is 0.417. The highest BCUT2D eigenvalue weighted by molar-refractivity contribution is 7.19. The lowest BCUT2D eigenvalue weighted by molar-refractivity contribution is -0.109. The summed E-state index contributed by atoms with van der Waals surface area (Å²) in [6.45, 7) is 4.00. The van der Waals surface area contributed by atoms with E-state index in [0.29, 0.717) is 5.82 Å². The van der Waals surface area contributed by atoms with Crippen LogP contribution in [0.3, 0.4) is 0 Å². The van der Waals surface area contributed by atoms with Crippen molar-refractivity contribution in [2.24, 2.45) is 10.9 Å². The number of nitrogen functional groups attached to an aromatic ring is 1. The van der Waals surface area contributed by atoms with Crippen LogP contribution in [0, 0.1) is 5.92 Å². The molecule has 0 radical (unpaired) electrons. The fourth-order valence-corrected chi connectivity index (χ4v) is 4.69. The Labute approximate surface area is 187 Å². The SMILES string of the molecule is CC.CN=Cc1cc(-c2ccc3cc(CC4CC(F)(F)C4)sc3c2)cnc1N.CNC. The third kappa shape index (κ3) is 6.55. The highest BCUT2D eigenvalue weighted by atomic mass is 32.1. The first-order chi connectivity index (χ1) is 14.8. The van der Waals surface area contributed by atoms with Gasteiger partial charge in [-0.2, -0.15) is 0 Å². The third-order valence-corrected chi connectivity index (χ3v) is 5.91. The van der Waals surface area contributed by atoms with Crippen LogP contribution in [0.25, 0.3) is 21.2 Å². The molecule has 3 N–H and O–H groups in total. The second kappa shape index (κ2) is 11.3. The molecule has 0 aliphatic heterocycles. The molecule has 168 valence electrons. The summed E-state index contributed by atoms with van der Waals surface area (Å²) in [5.74, 6) is -1.89. The van der Waals surface area contributed by atoms with Gasteiger partial charge in [-0.05, 0) is 55.6 Å². The summed E-state index contributed by atoms with van der Waals surface area (Å²) in [7, 11) is 5.45. The Hall–Kier alpha value is -2.38. The van der Waals surface area contributed by atoms with Crippen molar-refractivity contribution in [1.29, 1.82) is 0 Å². The van der Waals surface area contributed by atoms with Gasteiger partial charge in [-0.1, -0.05) is 26.0 Å². The predicted octanol–water partition coefficient (Wildman–Crippen LogP) is 6.04. The number of fused-ring (bicyclic) bond motifs is 1. The first-order valence-electron chi connectivity index (χ1n) is 10.5. The number of aliphatic imine (C=N–C) groups is 1. The minimum absolute atomic E-state index is 0.0192. The van der Waals surface area contributed by atoms with Crippen molar-refractivity contribution < 1.29 is 8.78 Å². The number of benzene rings is 1. The quantitative estimate of drug-likeness (QED) is 0.480. The van der Waals surface area contributed by atoms with Crippen LogP contribution in [0.5, 0.6) is 0 Å². The number of nitrogens with zero attached hydrogens (tertiary/aromatic N) is 2. The molecule has 31 heavy (non-hydrogen) atoms. The lowest BCUT2D eigenvalue weighted by Gasteiger charge is -2.34. The number of nitrogens with one attached hydrogen (secondary N) is 1. The van der Waals surface area contributed by atoms with Gasteiger partial charge in [0, 0.05) is 53.0 Å². The van der Waals surface area contributed by atoms with Gasteiger partial charge >= 0.3 is 0 Å². The minimum Gasteiger partial charge on any atom is -0.383 e. The van der Waals surface area contributed by atoms with Crippen LogP contribution in [0.4, 0.5) is 14.6 Å². The monoisotopic (exact) mass is 446 g/mol. The third-order valence-electron chi connectivity index (χ3n) is 4.79. The fourth-order valence-electron chi connectivity index (χ4n) is 3.47. The van der Waals surface area contributed by atoms with Crippen molar-refractivity contribution in [3.63, 3.8) is 0 Å².